The summed E-state index contributed by atoms with van der Waals surface area (Å²) in [5.74, 6) is 0.413. The van der Waals surface area contributed by atoms with Crippen LogP contribution in [0, 0.1) is 24.1 Å². The second-order valence-electron chi connectivity index (χ2n) is 5.54. The topological polar surface area (TPSA) is 57.9 Å². The third-order valence-electron chi connectivity index (χ3n) is 3.79. The van der Waals surface area contributed by atoms with Crippen LogP contribution in [-0.2, 0) is 0 Å². The van der Waals surface area contributed by atoms with Gasteiger partial charge in [0.2, 0.25) is 0 Å². The summed E-state index contributed by atoms with van der Waals surface area (Å²) in [4.78, 5) is 4.54. The maximum atomic E-state index is 13.4. The van der Waals surface area contributed by atoms with Crippen LogP contribution >= 0.6 is 11.3 Å². The van der Waals surface area contributed by atoms with E-state index in [9.17, 15) is 9.65 Å². The van der Waals surface area contributed by atoms with Crippen molar-refractivity contribution in [3.05, 3.63) is 70.4 Å². The normalized spacial score (nSPS) is 11.1. The van der Waals surface area contributed by atoms with Gasteiger partial charge in [-0.1, -0.05) is 18.2 Å². The number of anilines is 1. The monoisotopic (exact) mass is 365 g/mol. The molecule has 0 aliphatic heterocycles. The molecule has 0 unspecified atom stereocenters. The summed E-state index contributed by atoms with van der Waals surface area (Å²) in [5, 5.41) is 14.9. The molecule has 3 rings (SSSR count). The number of nitrogens with zero attached hydrogens (tertiary/aromatic N) is 2. The van der Waals surface area contributed by atoms with E-state index in [-0.39, 0.29) is 5.82 Å². The molecule has 0 fully saturated rings. The van der Waals surface area contributed by atoms with E-state index in [4.69, 9.17) is 4.74 Å². The van der Waals surface area contributed by atoms with E-state index in [0.717, 1.165) is 22.6 Å². The van der Waals surface area contributed by atoms with Gasteiger partial charge in [-0.15, -0.1) is 11.3 Å². The number of thiazole rings is 1. The molecule has 0 aliphatic rings. The molecule has 3 aromatic rings. The predicted molar refractivity (Wildman–Crippen MR) is 102 cm³/mol. The first kappa shape index (κ1) is 17.6. The second-order valence-corrected chi connectivity index (χ2v) is 6.40. The Balaban J connectivity index is 1.86. The quantitative estimate of drug-likeness (QED) is 0.628. The van der Waals surface area contributed by atoms with Crippen molar-refractivity contribution < 1.29 is 9.13 Å². The van der Waals surface area contributed by atoms with Gasteiger partial charge in [-0.25, -0.2) is 9.37 Å². The summed E-state index contributed by atoms with van der Waals surface area (Å²) in [6.07, 6.45) is 1.55. The van der Waals surface area contributed by atoms with E-state index in [1.807, 2.05) is 36.6 Å². The van der Waals surface area contributed by atoms with E-state index < -0.39 is 0 Å². The summed E-state index contributed by atoms with van der Waals surface area (Å²) in [5.41, 5.74) is 3.57. The number of methoxy groups -OCH3 is 1. The summed E-state index contributed by atoms with van der Waals surface area (Å²) >= 11 is 1.38. The summed E-state index contributed by atoms with van der Waals surface area (Å²) in [6, 6.07) is 14.2. The lowest BCUT2D eigenvalue weighted by molar-refractivity contribution is 0.415. The van der Waals surface area contributed by atoms with Crippen molar-refractivity contribution in [3.63, 3.8) is 0 Å². The molecule has 1 aromatic heterocycles. The number of benzene rings is 2. The van der Waals surface area contributed by atoms with Crippen molar-refractivity contribution in [2.45, 2.75) is 6.92 Å². The van der Waals surface area contributed by atoms with Crippen molar-refractivity contribution in [3.8, 4) is 23.1 Å². The van der Waals surface area contributed by atoms with Crippen LogP contribution in [0.25, 0.3) is 16.8 Å². The highest BCUT2D eigenvalue weighted by Gasteiger charge is 2.10. The number of aryl methyl sites for hydroxylation is 1. The molecule has 4 nitrogen and oxygen atoms in total. The van der Waals surface area contributed by atoms with Gasteiger partial charge in [-0.2, -0.15) is 5.26 Å². The zero-order valence-corrected chi connectivity index (χ0v) is 15.1. The van der Waals surface area contributed by atoms with Crippen LogP contribution in [0.15, 0.2) is 54.0 Å². The molecule has 0 saturated heterocycles. The van der Waals surface area contributed by atoms with Gasteiger partial charge in [0, 0.05) is 22.8 Å². The number of allylic oxidation sites excluding steroid dienone is 1. The Morgan fingerprint density at radius 1 is 1.31 bits per heavy atom. The van der Waals surface area contributed by atoms with Crippen LogP contribution in [0.2, 0.25) is 0 Å². The Morgan fingerprint density at radius 2 is 2.15 bits per heavy atom. The first-order valence-corrected chi connectivity index (χ1v) is 8.72. The lowest BCUT2D eigenvalue weighted by atomic mass is 10.1. The fourth-order valence-corrected chi connectivity index (χ4v) is 3.15. The maximum absolute atomic E-state index is 13.4. The van der Waals surface area contributed by atoms with Crippen LogP contribution in [0.5, 0.6) is 5.75 Å². The third kappa shape index (κ3) is 3.90. The average Bonchev–Trinajstić information content (AvgIpc) is 3.15. The van der Waals surface area contributed by atoms with Crippen LogP contribution in [-0.4, -0.2) is 12.1 Å². The Kier molecular flexibility index (Phi) is 5.30. The van der Waals surface area contributed by atoms with E-state index in [0.29, 0.717) is 16.3 Å². The van der Waals surface area contributed by atoms with Crippen molar-refractivity contribution in [1.82, 2.24) is 4.98 Å². The van der Waals surface area contributed by atoms with Gasteiger partial charge in [0.25, 0.3) is 0 Å². The van der Waals surface area contributed by atoms with Crippen LogP contribution < -0.4 is 10.1 Å². The van der Waals surface area contributed by atoms with Crippen molar-refractivity contribution in [2.24, 2.45) is 0 Å². The number of halogens is 1. The summed E-state index contributed by atoms with van der Waals surface area (Å²) in [6.45, 7) is 1.87. The number of nitriles is 1. The number of hydrogen-bond donors (Lipinski definition) is 1. The molecule has 1 N–H and O–H groups in total. The molecule has 130 valence electrons. The molecule has 26 heavy (non-hydrogen) atoms. The highest BCUT2D eigenvalue weighted by Crippen LogP contribution is 2.28. The first-order chi connectivity index (χ1) is 12.6. The standard InChI is InChI=1S/C20H16FN3OS/c1-13-6-7-16(21)9-18(13)23-11-15(10-22)20-24-19(12-26-20)14-4-3-5-17(8-14)25-2/h3-9,11-12,23H,1-2H3/b15-11+. The lowest BCUT2D eigenvalue weighted by Crippen LogP contribution is -1.94. The Bertz CT molecular complexity index is 1000. The number of rotatable bonds is 5. The SMILES string of the molecule is COc1cccc(-c2csc(/C(C#N)=C/Nc3cc(F)ccc3C)n2)c1. The van der Waals surface area contributed by atoms with Gasteiger partial charge >= 0.3 is 0 Å². The van der Waals surface area contributed by atoms with Gasteiger partial charge in [-0.3, -0.25) is 0 Å². The minimum atomic E-state index is -0.334. The van der Waals surface area contributed by atoms with Gasteiger partial charge in [0.15, 0.2) is 0 Å². The van der Waals surface area contributed by atoms with Gasteiger partial charge in [0.1, 0.15) is 28.2 Å². The fraction of sp³-hybridized carbons (Fsp3) is 0.100. The minimum Gasteiger partial charge on any atom is -0.497 e. The summed E-state index contributed by atoms with van der Waals surface area (Å²) in [7, 11) is 1.61. The maximum Gasteiger partial charge on any atom is 0.136 e. The van der Waals surface area contributed by atoms with Crippen molar-refractivity contribution in [2.75, 3.05) is 12.4 Å². The molecule has 0 atom stereocenters. The Morgan fingerprint density at radius 3 is 2.92 bits per heavy atom. The third-order valence-corrected chi connectivity index (χ3v) is 4.67. The molecule has 1 heterocycles. The lowest BCUT2D eigenvalue weighted by Gasteiger charge is -2.05. The Hall–Kier alpha value is -3.17. The molecule has 0 aliphatic carbocycles. The second kappa shape index (κ2) is 7.81. The zero-order valence-electron chi connectivity index (χ0n) is 14.3. The molecule has 0 spiro atoms. The van der Waals surface area contributed by atoms with E-state index in [1.165, 1.54) is 23.5 Å². The smallest absolute Gasteiger partial charge is 0.136 e. The zero-order chi connectivity index (χ0) is 18.5. The fourth-order valence-electron chi connectivity index (χ4n) is 2.35. The number of ether oxygens (including phenoxy) is 1. The van der Waals surface area contributed by atoms with Crippen molar-refractivity contribution >= 4 is 22.6 Å². The van der Waals surface area contributed by atoms with Crippen LogP contribution in [0.3, 0.4) is 0 Å². The van der Waals surface area contributed by atoms with E-state index in [1.54, 1.807) is 19.4 Å². The molecular weight excluding hydrogens is 349 g/mol. The molecule has 6 heteroatoms. The first-order valence-electron chi connectivity index (χ1n) is 7.84. The Labute approximate surface area is 155 Å². The van der Waals surface area contributed by atoms with Crippen LogP contribution in [0.4, 0.5) is 10.1 Å². The number of nitrogens with one attached hydrogen (secondary N) is 1. The largest absolute Gasteiger partial charge is 0.497 e. The van der Waals surface area contributed by atoms with E-state index >= 15 is 0 Å². The predicted octanol–water partition coefficient (Wildman–Crippen LogP) is 5.24. The highest BCUT2D eigenvalue weighted by molar-refractivity contribution is 7.11. The molecule has 0 amide bonds. The van der Waals surface area contributed by atoms with Gasteiger partial charge in [-0.05, 0) is 36.8 Å². The molecule has 0 bridgehead atoms. The summed E-state index contributed by atoms with van der Waals surface area (Å²) < 4.78 is 18.6. The number of hydrogen-bond acceptors (Lipinski definition) is 5. The number of aromatic nitrogens is 1. The molecule has 0 radical (unpaired) electrons. The molecular formula is C20H16FN3OS. The van der Waals surface area contributed by atoms with E-state index in [2.05, 4.69) is 16.4 Å². The van der Waals surface area contributed by atoms with Crippen LogP contribution in [0.1, 0.15) is 10.6 Å². The van der Waals surface area contributed by atoms with Crippen molar-refractivity contribution in [1.29, 1.82) is 5.26 Å². The highest BCUT2D eigenvalue weighted by atomic mass is 32.1. The molecule has 2 aromatic carbocycles. The molecule has 0 saturated carbocycles. The van der Waals surface area contributed by atoms with Gasteiger partial charge in [0.05, 0.1) is 12.8 Å². The minimum absolute atomic E-state index is 0.334. The van der Waals surface area contributed by atoms with Gasteiger partial charge < -0.3 is 10.1 Å². The average molecular weight is 365 g/mol.